The third kappa shape index (κ3) is 2.36. The molecule has 0 atom stereocenters. The smallest absolute Gasteiger partial charge is 0.151 e. The zero-order valence-corrected chi connectivity index (χ0v) is 12.0. The minimum absolute atomic E-state index is 0.857. The predicted molar refractivity (Wildman–Crippen MR) is 88.2 cm³/mol. The quantitative estimate of drug-likeness (QED) is 0.678. The molecule has 2 nitrogen and oxygen atoms in total. The van der Waals surface area contributed by atoms with Crippen molar-refractivity contribution in [3.8, 4) is 11.5 Å². The molecule has 2 aromatic carbocycles. The van der Waals surface area contributed by atoms with E-state index < -0.39 is 0 Å². The molecular formula is C19H17NO. The first kappa shape index (κ1) is 13.3. The molecule has 104 valence electrons. The van der Waals surface area contributed by atoms with Crippen molar-refractivity contribution in [3.63, 3.8) is 0 Å². The molecule has 2 aromatic rings. The summed E-state index contributed by atoms with van der Waals surface area (Å²) in [6, 6.07) is 16.1. The van der Waals surface area contributed by atoms with Crippen LogP contribution in [0.1, 0.15) is 6.92 Å². The van der Waals surface area contributed by atoms with Crippen molar-refractivity contribution in [2.24, 2.45) is 0 Å². The highest BCUT2D eigenvalue weighted by Gasteiger charge is 2.25. The van der Waals surface area contributed by atoms with Gasteiger partial charge < -0.3 is 9.64 Å². The number of hydrogen-bond donors (Lipinski definition) is 0. The maximum Gasteiger partial charge on any atom is 0.151 e. The Morgan fingerprint density at radius 1 is 1.00 bits per heavy atom. The molecule has 1 aliphatic heterocycles. The van der Waals surface area contributed by atoms with E-state index in [1.807, 2.05) is 55.5 Å². The molecule has 0 aliphatic carbocycles. The largest absolute Gasteiger partial charge is 0.453 e. The van der Waals surface area contributed by atoms with Crippen molar-refractivity contribution in [1.82, 2.24) is 0 Å². The summed E-state index contributed by atoms with van der Waals surface area (Å²) in [7, 11) is 0. The lowest BCUT2D eigenvalue weighted by atomic mass is 10.1. The summed E-state index contributed by atoms with van der Waals surface area (Å²) in [5, 5.41) is 0. The van der Waals surface area contributed by atoms with Crippen LogP contribution in [-0.4, -0.2) is 0 Å². The molecule has 1 heterocycles. The number of benzene rings is 2. The van der Waals surface area contributed by atoms with Gasteiger partial charge in [-0.3, -0.25) is 0 Å². The molecule has 0 bridgehead atoms. The van der Waals surface area contributed by atoms with Gasteiger partial charge in [-0.05, 0) is 43.3 Å². The van der Waals surface area contributed by atoms with E-state index in [0.717, 1.165) is 28.6 Å². The maximum absolute atomic E-state index is 6.00. The molecule has 0 amide bonds. The van der Waals surface area contributed by atoms with E-state index in [1.165, 1.54) is 0 Å². The first-order chi connectivity index (χ1) is 10.3. The number of rotatable bonds is 3. The van der Waals surface area contributed by atoms with Gasteiger partial charge >= 0.3 is 0 Å². The van der Waals surface area contributed by atoms with Crippen LogP contribution in [0.25, 0.3) is 0 Å². The van der Waals surface area contributed by atoms with Crippen molar-refractivity contribution < 1.29 is 4.74 Å². The summed E-state index contributed by atoms with van der Waals surface area (Å²) in [5.41, 5.74) is 3.11. The monoisotopic (exact) mass is 275 g/mol. The fraction of sp³-hybridized carbons (Fsp3) is 0.0526. The Morgan fingerprint density at radius 3 is 2.10 bits per heavy atom. The Hall–Kier alpha value is -2.74. The van der Waals surface area contributed by atoms with Gasteiger partial charge in [0, 0.05) is 5.70 Å². The third-order valence-corrected chi connectivity index (χ3v) is 3.32. The van der Waals surface area contributed by atoms with Crippen molar-refractivity contribution in [1.29, 1.82) is 0 Å². The SMILES string of the molecule is C=C/C=C(\C=C/C)N1c2ccccc2Oc2ccccc21. The van der Waals surface area contributed by atoms with Gasteiger partial charge in [0.05, 0.1) is 11.4 Å². The van der Waals surface area contributed by atoms with Gasteiger partial charge in [0.25, 0.3) is 0 Å². The molecule has 0 spiro atoms. The van der Waals surface area contributed by atoms with Gasteiger partial charge in [0.1, 0.15) is 0 Å². The molecule has 2 heteroatoms. The van der Waals surface area contributed by atoms with E-state index in [-0.39, 0.29) is 0 Å². The lowest BCUT2D eigenvalue weighted by Crippen LogP contribution is -2.19. The molecule has 3 rings (SSSR count). The summed E-state index contributed by atoms with van der Waals surface area (Å²) >= 11 is 0. The van der Waals surface area contributed by atoms with E-state index in [4.69, 9.17) is 4.74 Å². The molecular weight excluding hydrogens is 258 g/mol. The Labute approximate surface area is 125 Å². The molecule has 0 fully saturated rings. The standard InChI is InChI=1S/C19H17NO/c1-3-9-15(10-4-2)20-16-11-5-7-13-18(16)21-19-14-8-6-12-17(19)20/h3-14H,1H2,2H3/b10-4-,15-9+. The molecule has 0 aromatic heterocycles. The first-order valence-corrected chi connectivity index (χ1v) is 6.96. The van der Waals surface area contributed by atoms with Gasteiger partial charge in [0.15, 0.2) is 11.5 Å². The third-order valence-electron chi connectivity index (χ3n) is 3.32. The molecule has 0 radical (unpaired) electrons. The predicted octanol–water partition coefficient (Wildman–Crippen LogP) is 5.58. The number of fused-ring (bicyclic) bond motifs is 2. The van der Waals surface area contributed by atoms with E-state index >= 15 is 0 Å². The highest BCUT2D eigenvalue weighted by molar-refractivity contribution is 5.82. The van der Waals surface area contributed by atoms with Gasteiger partial charge in [-0.1, -0.05) is 43.0 Å². The zero-order chi connectivity index (χ0) is 14.7. The highest BCUT2D eigenvalue weighted by Crippen LogP contribution is 2.48. The van der Waals surface area contributed by atoms with Crippen LogP contribution < -0.4 is 9.64 Å². The average molecular weight is 275 g/mol. The number of allylic oxidation sites excluding steroid dienone is 4. The number of hydrogen-bond acceptors (Lipinski definition) is 2. The van der Waals surface area contributed by atoms with Crippen LogP contribution in [0, 0.1) is 0 Å². The molecule has 0 N–H and O–H groups in total. The van der Waals surface area contributed by atoms with Crippen LogP contribution >= 0.6 is 0 Å². The van der Waals surface area contributed by atoms with Crippen molar-refractivity contribution in [2.75, 3.05) is 4.90 Å². The topological polar surface area (TPSA) is 12.5 Å². The van der Waals surface area contributed by atoms with Crippen LogP contribution in [0.3, 0.4) is 0 Å². The van der Waals surface area contributed by atoms with Crippen LogP contribution in [-0.2, 0) is 0 Å². The number of para-hydroxylation sites is 4. The number of anilines is 2. The summed E-state index contributed by atoms with van der Waals surface area (Å²) < 4.78 is 6.00. The number of nitrogens with zero attached hydrogens (tertiary/aromatic N) is 1. The Kier molecular flexibility index (Phi) is 3.61. The number of ether oxygens (including phenoxy) is 1. The lowest BCUT2D eigenvalue weighted by Gasteiger charge is -2.33. The molecule has 0 unspecified atom stereocenters. The normalized spacial score (nSPS) is 13.6. The second-order valence-corrected chi connectivity index (χ2v) is 4.70. The molecule has 0 saturated carbocycles. The Bertz CT molecular complexity index is 682. The summed E-state index contributed by atoms with van der Waals surface area (Å²) in [5.74, 6) is 1.71. The summed E-state index contributed by atoms with van der Waals surface area (Å²) in [6.45, 7) is 5.83. The Balaban J connectivity index is 2.23. The molecule has 1 aliphatic rings. The van der Waals surface area contributed by atoms with E-state index in [2.05, 4.69) is 29.7 Å². The second-order valence-electron chi connectivity index (χ2n) is 4.70. The Morgan fingerprint density at radius 2 is 1.57 bits per heavy atom. The average Bonchev–Trinajstić information content (AvgIpc) is 2.52. The van der Waals surface area contributed by atoms with Crippen LogP contribution in [0.4, 0.5) is 11.4 Å². The van der Waals surface area contributed by atoms with E-state index in [1.54, 1.807) is 6.08 Å². The molecule has 0 saturated heterocycles. The van der Waals surface area contributed by atoms with Crippen LogP contribution in [0.5, 0.6) is 11.5 Å². The minimum atomic E-state index is 0.857. The van der Waals surface area contributed by atoms with E-state index in [9.17, 15) is 0 Å². The summed E-state index contributed by atoms with van der Waals surface area (Å²) in [4.78, 5) is 2.19. The molecule has 21 heavy (non-hydrogen) atoms. The van der Waals surface area contributed by atoms with Crippen molar-refractivity contribution in [3.05, 3.63) is 85.1 Å². The zero-order valence-electron chi connectivity index (χ0n) is 12.0. The minimum Gasteiger partial charge on any atom is -0.453 e. The van der Waals surface area contributed by atoms with Crippen molar-refractivity contribution in [2.45, 2.75) is 6.92 Å². The maximum atomic E-state index is 6.00. The second kappa shape index (κ2) is 5.71. The highest BCUT2D eigenvalue weighted by atomic mass is 16.5. The van der Waals surface area contributed by atoms with Gasteiger partial charge in [-0.25, -0.2) is 0 Å². The van der Waals surface area contributed by atoms with Gasteiger partial charge in [-0.15, -0.1) is 0 Å². The van der Waals surface area contributed by atoms with Crippen LogP contribution in [0.15, 0.2) is 85.1 Å². The fourth-order valence-electron chi connectivity index (χ4n) is 2.48. The fourth-order valence-corrected chi connectivity index (χ4v) is 2.48. The first-order valence-electron chi connectivity index (χ1n) is 6.96. The summed E-state index contributed by atoms with van der Waals surface area (Å²) in [6.07, 6.45) is 7.89. The van der Waals surface area contributed by atoms with Gasteiger partial charge in [-0.2, -0.15) is 0 Å². The van der Waals surface area contributed by atoms with Crippen LogP contribution in [0.2, 0.25) is 0 Å². The van der Waals surface area contributed by atoms with Gasteiger partial charge in [0.2, 0.25) is 0 Å². The van der Waals surface area contributed by atoms with Crippen molar-refractivity contribution >= 4 is 11.4 Å². The van der Waals surface area contributed by atoms with E-state index in [0.29, 0.717) is 0 Å². The lowest BCUT2D eigenvalue weighted by molar-refractivity contribution is 0.476.